The summed E-state index contributed by atoms with van der Waals surface area (Å²) < 4.78 is 23.6. The molecule has 1 aromatic heterocycles. The minimum Gasteiger partial charge on any atom is -0.348 e. The van der Waals surface area contributed by atoms with Crippen molar-refractivity contribution in [3.05, 3.63) is 5.01 Å². The van der Waals surface area contributed by atoms with E-state index in [2.05, 4.69) is 15.5 Å². The van der Waals surface area contributed by atoms with Gasteiger partial charge in [-0.2, -0.15) is 0 Å². The Kier molecular flexibility index (Phi) is 5.21. The summed E-state index contributed by atoms with van der Waals surface area (Å²) in [4.78, 5) is 11.6. The molecule has 0 aliphatic rings. The normalized spacial score (nSPS) is 11.8. The molecule has 0 radical (unpaired) electrons. The van der Waals surface area contributed by atoms with E-state index in [0.29, 0.717) is 6.42 Å². The van der Waals surface area contributed by atoms with Crippen LogP contribution < -0.4 is 5.32 Å². The zero-order valence-electron chi connectivity index (χ0n) is 10.6. The number of hydrogen-bond acceptors (Lipinski definition) is 6. The van der Waals surface area contributed by atoms with E-state index >= 15 is 0 Å². The van der Waals surface area contributed by atoms with E-state index in [-0.39, 0.29) is 27.0 Å². The van der Waals surface area contributed by atoms with Crippen LogP contribution >= 0.6 is 11.3 Å². The summed E-state index contributed by atoms with van der Waals surface area (Å²) >= 11 is 0.818. The molecule has 18 heavy (non-hydrogen) atoms. The molecule has 0 saturated heterocycles. The highest BCUT2D eigenvalue weighted by Crippen LogP contribution is 2.18. The first-order chi connectivity index (χ1) is 8.36. The summed E-state index contributed by atoms with van der Waals surface area (Å²) in [5.41, 5.74) is 0. The van der Waals surface area contributed by atoms with Crippen LogP contribution in [0.1, 0.15) is 43.4 Å². The molecule has 0 saturated carbocycles. The molecule has 0 unspecified atom stereocenters. The summed E-state index contributed by atoms with van der Waals surface area (Å²) in [5.74, 6) is -0.344. The molecule has 0 aliphatic heterocycles. The van der Waals surface area contributed by atoms with Gasteiger partial charge < -0.3 is 5.32 Å². The standard InChI is InChI=1S/C10H17N3O3S2/c1-4-5-6-18(15,16)10-13-12-9(17-10)8(14)11-7(2)3/h7H,4-6H2,1-3H3,(H,11,14). The summed E-state index contributed by atoms with van der Waals surface area (Å²) in [6.07, 6.45) is 1.37. The maximum absolute atomic E-state index is 11.8. The number of rotatable bonds is 6. The number of carbonyl (C=O) groups excluding carboxylic acids is 1. The van der Waals surface area contributed by atoms with Gasteiger partial charge in [0.25, 0.3) is 5.91 Å². The van der Waals surface area contributed by atoms with Crippen molar-refractivity contribution in [3.8, 4) is 0 Å². The van der Waals surface area contributed by atoms with Gasteiger partial charge in [0.1, 0.15) is 0 Å². The molecular weight excluding hydrogens is 274 g/mol. The lowest BCUT2D eigenvalue weighted by Crippen LogP contribution is -2.29. The Morgan fingerprint density at radius 2 is 2.06 bits per heavy atom. The van der Waals surface area contributed by atoms with Crippen molar-refractivity contribution < 1.29 is 13.2 Å². The molecule has 8 heteroatoms. The van der Waals surface area contributed by atoms with Crippen LogP contribution in [0.2, 0.25) is 0 Å². The maximum atomic E-state index is 11.8. The zero-order chi connectivity index (χ0) is 13.8. The second-order valence-corrected chi connectivity index (χ2v) is 7.43. The summed E-state index contributed by atoms with van der Waals surface area (Å²) in [6.45, 7) is 5.55. The topological polar surface area (TPSA) is 89.0 Å². The van der Waals surface area contributed by atoms with E-state index < -0.39 is 9.84 Å². The first kappa shape index (κ1) is 15.0. The minimum absolute atomic E-state index is 0.0263. The SMILES string of the molecule is CCCCS(=O)(=O)c1nnc(C(=O)NC(C)C)s1. The molecule has 1 rings (SSSR count). The molecule has 1 heterocycles. The Bertz CT molecular complexity index is 508. The van der Waals surface area contributed by atoms with Crippen molar-refractivity contribution in [2.45, 2.75) is 44.0 Å². The number of sulfone groups is 1. The fourth-order valence-corrected chi connectivity index (χ4v) is 3.66. The molecular formula is C10H17N3O3S2. The maximum Gasteiger partial charge on any atom is 0.282 e. The van der Waals surface area contributed by atoms with Gasteiger partial charge in [0.2, 0.25) is 19.2 Å². The molecule has 6 nitrogen and oxygen atoms in total. The third-order valence-corrected chi connectivity index (χ3v) is 5.22. The van der Waals surface area contributed by atoms with Gasteiger partial charge in [-0.15, -0.1) is 10.2 Å². The van der Waals surface area contributed by atoms with Gasteiger partial charge in [-0.05, 0) is 20.3 Å². The molecule has 0 spiro atoms. The number of unbranched alkanes of at least 4 members (excludes halogenated alkanes) is 1. The molecule has 0 aliphatic carbocycles. The number of aromatic nitrogens is 2. The van der Waals surface area contributed by atoms with Gasteiger partial charge in [0.15, 0.2) is 0 Å². The fraction of sp³-hybridized carbons (Fsp3) is 0.700. The zero-order valence-corrected chi connectivity index (χ0v) is 12.3. The van der Waals surface area contributed by atoms with Gasteiger partial charge in [-0.25, -0.2) is 8.42 Å². The first-order valence-electron chi connectivity index (χ1n) is 5.74. The molecule has 102 valence electrons. The van der Waals surface area contributed by atoms with Crippen molar-refractivity contribution >= 4 is 27.1 Å². The summed E-state index contributed by atoms with van der Waals surface area (Å²) in [6, 6.07) is -0.0263. The number of amides is 1. The monoisotopic (exact) mass is 291 g/mol. The van der Waals surface area contributed by atoms with Crippen LogP contribution in [0.25, 0.3) is 0 Å². The van der Waals surface area contributed by atoms with Gasteiger partial charge >= 0.3 is 0 Å². The van der Waals surface area contributed by atoms with E-state index in [1.165, 1.54) is 0 Å². The van der Waals surface area contributed by atoms with Crippen LogP contribution in [-0.4, -0.2) is 36.3 Å². The Labute approximate surface area is 111 Å². The predicted molar refractivity (Wildman–Crippen MR) is 69.5 cm³/mol. The molecule has 0 bridgehead atoms. The molecule has 0 fully saturated rings. The van der Waals surface area contributed by atoms with Crippen molar-refractivity contribution in [1.82, 2.24) is 15.5 Å². The van der Waals surface area contributed by atoms with E-state index in [4.69, 9.17) is 0 Å². The number of nitrogens with one attached hydrogen (secondary N) is 1. The Morgan fingerprint density at radius 3 is 2.61 bits per heavy atom. The van der Waals surface area contributed by atoms with Crippen molar-refractivity contribution in [2.24, 2.45) is 0 Å². The van der Waals surface area contributed by atoms with Crippen LogP contribution in [0.15, 0.2) is 4.34 Å². The van der Waals surface area contributed by atoms with E-state index in [1.54, 1.807) is 0 Å². The first-order valence-corrected chi connectivity index (χ1v) is 8.20. The average Bonchev–Trinajstić information content (AvgIpc) is 2.75. The number of hydrogen-bond donors (Lipinski definition) is 1. The predicted octanol–water partition coefficient (Wildman–Crippen LogP) is 1.25. The lowest BCUT2D eigenvalue weighted by molar-refractivity contribution is 0.0942. The Balaban J connectivity index is 2.83. The minimum atomic E-state index is -3.40. The molecule has 1 aromatic rings. The Morgan fingerprint density at radius 1 is 1.39 bits per heavy atom. The van der Waals surface area contributed by atoms with Crippen LogP contribution in [-0.2, 0) is 9.84 Å². The average molecular weight is 291 g/mol. The number of carbonyl (C=O) groups is 1. The van der Waals surface area contributed by atoms with Crippen molar-refractivity contribution in [2.75, 3.05) is 5.75 Å². The van der Waals surface area contributed by atoms with Crippen LogP contribution in [0, 0.1) is 0 Å². The van der Waals surface area contributed by atoms with E-state index in [0.717, 1.165) is 17.8 Å². The summed E-state index contributed by atoms with van der Waals surface area (Å²) in [5, 5.41) is 9.93. The number of nitrogens with zero attached hydrogens (tertiary/aromatic N) is 2. The Hall–Kier alpha value is -1.02. The van der Waals surface area contributed by atoms with Crippen LogP contribution in [0.3, 0.4) is 0 Å². The van der Waals surface area contributed by atoms with E-state index in [1.807, 2.05) is 20.8 Å². The van der Waals surface area contributed by atoms with Crippen LogP contribution in [0.5, 0.6) is 0 Å². The lowest BCUT2D eigenvalue weighted by atomic mass is 10.4. The second-order valence-electron chi connectivity index (χ2n) is 4.17. The molecule has 0 aromatic carbocycles. The summed E-state index contributed by atoms with van der Waals surface area (Å²) in [7, 11) is -3.40. The van der Waals surface area contributed by atoms with Crippen LogP contribution in [0.4, 0.5) is 0 Å². The molecule has 0 atom stereocenters. The quantitative estimate of drug-likeness (QED) is 0.852. The van der Waals surface area contributed by atoms with Gasteiger partial charge in [0.05, 0.1) is 5.75 Å². The van der Waals surface area contributed by atoms with Gasteiger partial charge in [-0.1, -0.05) is 24.7 Å². The smallest absolute Gasteiger partial charge is 0.282 e. The fourth-order valence-electron chi connectivity index (χ4n) is 1.17. The third-order valence-electron chi connectivity index (χ3n) is 2.05. The van der Waals surface area contributed by atoms with Crippen molar-refractivity contribution in [3.63, 3.8) is 0 Å². The third kappa shape index (κ3) is 4.02. The largest absolute Gasteiger partial charge is 0.348 e. The van der Waals surface area contributed by atoms with Gasteiger partial charge in [-0.3, -0.25) is 4.79 Å². The van der Waals surface area contributed by atoms with Crippen molar-refractivity contribution in [1.29, 1.82) is 0 Å². The lowest BCUT2D eigenvalue weighted by Gasteiger charge is -2.04. The molecule has 1 N–H and O–H groups in total. The molecule has 1 amide bonds. The van der Waals surface area contributed by atoms with Gasteiger partial charge in [0, 0.05) is 6.04 Å². The second kappa shape index (κ2) is 6.24. The highest BCUT2D eigenvalue weighted by atomic mass is 32.2. The van der Waals surface area contributed by atoms with E-state index in [9.17, 15) is 13.2 Å². The highest BCUT2D eigenvalue weighted by Gasteiger charge is 2.22. The highest BCUT2D eigenvalue weighted by molar-refractivity contribution is 7.93.